The van der Waals surface area contributed by atoms with Crippen molar-refractivity contribution in [2.24, 2.45) is 0 Å². The van der Waals surface area contributed by atoms with Crippen LogP contribution in [-0.4, -0.2) is 50.8 Å². The van der Waals surface area contributed by atoms with Crippen LogP contribution in [0.4, 0.5) is 0 Å². The van der Waals surface area contributed by atoms with Gasteiger partial charge in [0.25, 0.3) is 0 Å². The van der Waals surface area contributed by atoms with E-state index in [2.05, 4.69) is 29.4 Å². The summed E-state index contributed by atoms with van der Waals surface area (Å²) in [5.41, 5.74) is 1.32. The zero-order valence-electron chi connectivity index (χ0n) is 12.9. The van der Waals surface area contributed by atoms with Crippen LogP contribution in [0.3, 0.4) is 0 Å². The van der Waals surface area contributed by atoms with Crippen LogP contribution in [-0.2, 0) is 6.42 Å². The third kappa shape index (κ3) is 4.11. The highest BCUT2D eigenvalue weighted by Crippen LogP contribution is 2.30. The topological polar surface area (TPSA) is 33.7 Å². The van der Waals surface area contributed by atoms with Gasteiger partial charge in [0.1, 0.15) is 13.2 Å². The lowest BCUT2D eigenvalue weighted by atomic mass is 10.1. The quantitative estimate of drug-likeness (QED) is 0.920. The Morgan fingerprint density at radius 1 is 1.14 bits per heavy atom. The number of hydrogen-bond donors (Lipinski definition) is 1. The highest BCUT2D eigenvalue weighted by Gasteiger charge is 2.14. The predicted molar refractivity (Wildman–Crippen MR) is 84.3 cm³/mol. The van der Waals surface area contributed by atoms with Gasteiger partial charge in [-0.05, 0) is 70.1 Å². The van der Waals surface area contributed by atoms with Gasteiger partial charge in [-0.25, -0.2) is 0 Å². The molecule has 1 aromatic rings. The summed E-state index contributed by atoms with van der Waals surface area (Å²) in [6, 6.07) is 6.98. The van der Waals surface area contributed by atoms with E-state index in [-0.39, 0.29) is 0 Å². The van der Waals surface area contributed by atoms with E-state index in [1.807, 2.05) is 6.07 Å². The van der Waals surface area contributed by atoms with Gasteiger partial charge in [0.15, 0.2) is 11.5 Å². The van der Waals surface area contributed by atoms with Crippen LogP contribution in [0.1, 0.15) is 24.8 Å². The van der Waals surface area contributed by atoms with Crippen LogP contribution in [0, 0.1) is 0 Å². The first-order valence-corrected chi connectivity index (χ1v) is 8.12. The summed E-state index contributed by atoms with van der Waals surface area (Å²) in [6.07, 6.45) is 4.91. The molecule has 0 aromatic heterocycles. The Bertz CT molecular complexity index is 464. The average Bonchev–Trinajstić information content (AvgIpc) is 2.72. The van der Waals surface area contributed by atoms with Gasteiger partial charge in [-0.3, -0.25) is 0 Å². The second-order valence-electron chi connectivity index (χ2n) is 6.11. The number of likely N-dealkylation sites (tertiary alicyclic amines) is 1. The maximum Gasteiger partial charge on any atom is 0.161 e. The normalized spacial score (nSPS) is 22.8. The lowest BCUT2D eigenvalue weighted by Crippen LogP contribution is -2.31. The molecule has 2 heterocycles. The van der Waals surface area contributed by atoms with E-state index < -0.39 is 0 Å². The van der Waals surface area contributed by atoms with Crippen LogP contribution in [0.2, 0.25) is 0 Å². The van der Waals surface area contributed by atoms with Crippen LogP contribution in [0.25, 0.3) is 0 Å². The fourth-order valence-corrected chi connectivity index (χ4v) is 3.11. The molecular weight excluding hydrogens is 264 g/mol. The molecule has 1 atom stereocenters. The zero-order chi connectivity index (χ0) is 14.5. The number of rotatable bonds is 4. The maximum absolute atomic E-state index is 5.64. The molecule has 1 N–H and O–H groups in total. The maximum atomic E-state index is 5.64. The first-order valence-electron chi connectivity index (χ1n) is 8.12. The molecule has 1 saturated heterocycles. The minimum absolute atomic E-state index is 0.657. The molecule has 3 rings (SSSR count). The number of benzene rings is 1. The molecule has 1 unspecified atom stereocenters. The van der Waals surface area contributed by atoms with E-state index in [9.17, 15) is 0 Å². The van der Waals surface area contributed by atoms with E-state index in [0.29, 0.717) is 19.3 Å². The average molecular weight is 290 g/mol. The Morgan fingerprint density at radius 2 is 2.00 bits per heavy atom. The van der Waals surface area contributed by atoms with Gasteiger partial charge in [-0.2, -0.15) is 0 Å². The van der Waals surface area contributed by atoms with Crippen molar-refractivity contribution in [3.8, 4) is 11.5 Å². The second kappa shape index (κ2) is 7.14. The van der Waals surface area contributed by atoms with Crippen LogP contribution in [0.5, 0.6) is 11.5 Å². The number of nitrogens with zero attached hydrogens (tertiary/aromatic N) is 1. The SMILES string of the molecule is CN1CCCC(NCCc2ccc3c(c2)OCCO3)CC1. The zero-order valence-corrected chi connectivity index (χ0v) is 12.9. The Balaban J connectivity index is 1.46. The summed E-state index contributed by atoms with van der Waals surface area (Å²) in [5, 5.41) is 3.71. The smallest absolute Gasteiger partial charge is 0.161 e. The second-order valence-corrected chi connectivity index (χ2v) is 6.11. The summed E-state index contributed by atoms with van der Waals surface area (Å²) < 4.78 is 11.2. The van der Waals surface area contributed by atoms with Crippen molar-refractivity contribution in [3.05, 3.63) is 23.8 Å². The van der Waals surface area contributed by atoms with E-state index in [4.69, 9.17) is 9.47 Å². The monoisotopic (exact) mass is 290 g/mol. The molecule has 116 valence electrons. The van der Waals surface area contributed by atoms with Crippen molar-refractivity contribution >= 4 is 0 Å². The Kier molecular flexibility index (Phi) is 4.99. The van der Waals surface area contributed by atoms with Crippen LogP contribution >= 0.6 is 0 Å². The molecule has 1 aromatic carbocycles. The van der Waals surface area contributed by atoms with E-state index in [1.54, 1.807) is 0 Å². The number of hydrogen-bond acceptors (Lipinski definition) is 4. The van der Waals surface area contributed by atoms with Gasteiger partial charge in [-0.1, -0.05) is 6.07 Å². The summed E-state index contributed by atoms with van der Waals surface area (Å²) in [7, 11) is 2.22. The molecule has 0 spiro atoms. The minimum atomic E-state index is 0.657. The van der Waals surface area contributed by atoms with Crippen molar-refractivity contribution in [1.82, 2.24) is 10.2 Å². The Hall–Kier alpha value is -1.26. The first kappa shape index (κ1) is 14.7. The highest BCUT2D eigenvalue weighted by atomic mass is 16.6. The molecule has 1 fully saturated rings. The summed E-state index contributed by atoms with van der Waals surface area (Å²) in [5.74, 6) is 1.78. The highest BCUT2D eigenvalue weighted by molar-refractivity contribution is 5.43. The fourth-order valence-electron chi connectivity index (χ4n) is 3.11. The van der Waals surface area contributed by atoms with Gasteiger partial charge >= 0.3 is 0 Å². The molecule has 2 aliphatic rings. The molecule has 0 radical (unpaired) electrons. The lowest BCUT2D eigenvalue weighted by Gasteiger charge is -2.19. The Labute approximate surface area is 127 Å². The molecule has 2 aliphatic heterocycles. The van der Waals surface area contributed by atoms with Crippen molar-refractivity contribution in [2.45, 2.75) is 31.7 Å². The lowest BCUT2D eigenvalue weighted by molar-refractivity contribution is 0.171. The van der Waals surface area contributed by atoms with E-state index in [0.717, 1.165) is 24.5 Å². The summed E-state index contributed by atoms with van der Waals surface area (Å²) >= 11 is 0. The molecule has 0 aliphatic carbocycles. The molecule has 21 heavy (non-hydrogen) atoms. The summed E-state index contributed by atoms with van der Waals surface area (Å²) in [4.78, 5) is 2.43. The van der Waals surface area contributed by atoms with E-state index in [1.165, 1.54) is 37.9 Å². The molecular formula is C17H26N2O2. The minimum Gasteiger partial charge on any atom is -0.486 e. The molecule has 0 bridgehead atoms. The van der Waals surface area contributed by atoms with Crippen LogP contribution < -0.4 is 14.8 Å². The Morgan fingerprint density at radius 3 is 2.90 bits per heavy atom. The third-order valence-corrected chi connectivity index (χ3v) is 4.40. The molecule has 0 saturated carbocycles. The predicted octanol–water partition coefficient (Wildman–Crippen LogP) is 2.07. The number of nitrogens with one attached hydrogen (secondary N) is 1. The van der Waals surface area contributed by atoms with Crippen molar-refractivity contribution in [3.63, 3.8) is 0 Å². The number of fused-ring (bicyclic) bond motifs is 1. The fraction of sp³-hybridized carbons (Fsp3) is 0.647. The largest absolute Gasteiger partial charge is 0.486 e. The molecule has 4 heteroatoms. The van der Waals surface area contributed by atoms with Crippen molar-refractivity contribution < 1.29 is 9.47 Å². The van der Waals surface area contributed by atoms with Gasteiger partial charge < -0.3 is 19.7 Å². The van der Waals surface area contributed by atoms with Gasteiger partial charge in [0, 0.05) is 6.04 Å². The van der Waals surface area contributed by atoms with Crippen molar-refractivity contribution in [2.75, 3.05) is 39.9 Å². The first-order chi connectivity index (χ1) is 10.3. The van der Waals surface area contributed by atoms with E-state index >= 15 is 0 Å². The third-order valence-electron chi connectivity index (χ3n) is 4.40. The van der Waals surface area contributed by atoms with Gasteiger partial charge in [0.2, 0.25) is 0 Å². The standard InChI is InChI=1S/C17H26N2O2/c1-19-9-2-3-15(7-10-19)18-8-6-14-4-5-16-17(13-14)21-12-11-20-16/h4-5,13,15,18H,2-3,6-12H2,1H3. The van der Waals surface area contributed by atoms with Gasteiger partial charge in [0.05, 0.1) is 0 Å². The van der Waals surface area contributed by atoms with Crippen LogP contribution in [0.15, 0.2) is 18.2 Å². The van der Waals surface area contributed by atoms with Crippen molar-refractivity contribution in [1.29, 1.82) is 0 Å². The molecule has 4 nitrogen and oxygen atoms in total. The summed E-state index contributed by atoms with van der Waals surface area (Å²) in [6.45, 7) is 4.80. The number of ether oxygens (including phenoxy) is 2. The molecule has 0 amide bonds. The van der Waals surface area contributed by atoms with Gasteiger partial charge in [-0.15, -0.1) is 0 Å².